The summed E-state index contributed by atoms with van der Waals surface area (Å²) in [6.07, 6.45) is -0.639. The number of benzene rings is 1. The summed E-state index contributed by atoms with van der Waals surface area (Å²) in [5.41, 5.74) is 0. The Hall–Kier alpha value is -1.30. The van der Waals surface area contributed by atoms with Crippen LogP contribution >= 0.6 is 11.6 Å². The quantitative estimate of drug-likeness (QED) is 0.792. The number of carbonyl (C=O) groups is 1. The van der Waals surface area contributed by atoms with Crippen LogP contribution in [0.25, 0.3) is 0 Å². The zero-order valence-corrected chi connectivity index (χ0v) is 12.5. The number of ether oxygens (including phenoxy) is 2. The van der Waals surface area contributed by atoms with Crippen LogP contribution in [0.1, 0.15) is 6.92 Å². The Kier molecular flexibility index (Phi) is 7.36. The maximum absolute atomic E-state index is 12.2. The van der Waals surface area contributed by atoms with Gasteiger partial charge < -0.3 is 19.5 Å². The third-order valence-electron chi connectivity index (χ3n) is 2.72. The Morgan fingerprint density at radius 2 is 2.00 bits per heavy atom. The first-order valence-electron chi connectivity index (χ1n) is 6.39. The van der Waals surface area contributed by atoms with Crippen LogP contribution in [0.4, 0.5) is 0 Å². The average molecular weight is 302 g/mol. The molecule has 0 aliphatic heterocycles. The monoisotopic (exact) mass is 301 g/mol. The van der Waals surface area contributed by atoms with Gasteiger partial charge in [0.25, 0.3) is 5.91 Å². The molecule has 0 spiro atoms. The van der Waals surface area contributed by atoms with Gasteiger partial charge in [0, 0.05) is 25.2 Å². The second-order valence-corrected chi connectivity index (χ2v) is 4.69. The van der Waals surface area contributed by atoms with Crippen molar-refractivity contribution in [2.75, 3.05) is 33.4 Å². The predicted molar refractivity (Wildman–Crippen MR) is 77.1 cm³/mol. The molecular formula is C14H20ClNO4. The summed E-state index contributed by atoms with van der Waals surface area (Å²) >= 11 is 5.79. The standard InChI is InChI=1S/C14H20ClNO4/c1-11(20-13-5-3-12(15)4-6-13)14(18)16(7-9-17)8-10-19-2/h3-6,11,17H,7-10H2,1-2H3. The van der Waals surface area contributed by atoms with Crippen molar-refractivity contribution in [1.29, 1.82) is 0 Å². The summed E-state index contributed by atoms with van der Waals surface area (Å²) in [5, 5.41) is 9.61. The number of carbonyl (C=O) groups excluding carboxylic acids is 1. The molecular weight excluding hydrogens is 282 g/mol. The molecule has 1 amide bonds. The van der Waals surface area contributed by atoms with Crippen molar-refractivity contribution < 1.29 is 19.4 Å². The van der Waals surface area contributed by atoms with Gasteiger partial charge in [0.1, 0.15) is 5.75 Å². The van der Waals surface area contributed by atoms with E-state index in [4.69, 9.17) is 26.2 Å². The molecule has 0 aliphatic rings. The fourth-order valence-electron chi connectivity index (χ4n) is 1.68. The van der Waals surface area contributed by atoms with Gasteiger partial charge in [-0.2, -0.15) is 0 Å². The number of hydrogen-bond acceptors (Lipinski definition) is 4. The molecule has 1 rings (SSSR count). The Morgan fingerprint density at radius 3 is 2.55 bits per heavy atom. The molecule has 1 aromatic carbocycles. The number of aliphatic hydroxyl groups is 1. The van der Waals surface area contributed by atoms with Crippen LogP contribution in [-0.2, 0) is 9.53 Å². The van der Waals surface area contributed by atoms with E-state index < -0.39 is 6.10 Å². The minimum Gasteiger partial charge on any atom is -0.481 e. The SMILES string of the molecule is COCCN(CCO)C(=O)C(C)Oc1ccc(Cl)cc1. The highest BCUT2D eigenvalue weighted by atomic mass is 35.5. The van der Waals surface area contributed by atoms with Crippen molar-refractivity contribution in [2.45, 2.75) is 13.0 Å². The van der Waals surface area contributed by atoms with E-state index in [0.29, 0.717) is 23.9 Å². The number of aliphatic hydroxyl groups excluding tert-OH is 1. The third-order valence-corrected chi connectivity index (χ3v) is 2.97. The highest BCUT2D eigenvalue weighted by molar-refractivity contribution is 6.30. The van der Waals surface area contributed by atoms with Gasteiger partial charge in [-0.05, 0) is 31.2 Å². The van der Waals surface area contributed by atoms with Crippen LogP contribution in [-0.4, -0.2) is 55.4 Å². The van der Waals surface area contributed by atoms with E-state index in [2.05, 4.69) is 0 Å². The molecule has 5 nitrogen and oxygen atoms in total. The van der Waals surface area contributed by atoms with Crippen molar-refractivity contribution in [3.8, 4) is 5.75 Å². The van der Waals surface area contributed by atoms with Gasteiger partial charge in [0.2, 0.25) is 0 Å². The molecule has 0 saturated carbocycles. The van der Waals surface area contributed by atoms with Crippen molar-refractivity contribution in [3.63, 3.8) is 0 Å². The number of hydrogen-bond donors (Lipinski definition) is 1. The lowest BCUT2D eigenvalue weighted by atomic mass is 10.3. The molecule has 0 fully saturated rings. The van der Waals surface area contributed by atoms with Gasteiger partial charge in [0.15, 0.2) is 6.10 Å². The molecule has 1 atom stereocenters. The maximum atomic E-state index is 12.2. The van der Waals surface area contributed by atoms with Gasteiger partial charge in [-0.3, -0.25) is 4.79 Å². The minimum absolute atomic E-state index is 0.0941. The van der Waals surface area contributed by atoms with Crippen LogP contribution in [0.15, 0.2) is 24.3 Å². The molecule has 0 aliphatic carbocycles. The second kappa shape index (κ2) is 8.79. The van der Waals surface area contributed by atoms with Gasteiger partial charge >= 0.3 is 0 Å². The summed E-state index contributed by atoms with van der Waals surface area (Å²) in [5.74, 6) is 0.386. The normalized spacial score (nSPS) is 12.0. The van der Waals surface area contributed by atoms with Crippen LogP contribution in [0.5, 0.6) is 5.75 Å². The molecule has 0 heterocycles. The third kappa shape index (κ3) is 5.36. The van der Waals surface area contributed by atoms with Gasteiger partial charge in [-0.25, -0.2) is 0 Å². The largest absolute Gasteiger partial charge is 0.481 e. The molecule has 6 heteroatoms. The fraction of sp³-hybridized carbons (Fsp3) is 0.500. The Balaban J connectivity index is 2.60. The van der Waals surface area contributed by atoms with E-state index in [1.165, 1.54) is 4.90 Å². The average Bonchev–Trinajstić information content (AvgIpc) is 2.45. The highest BCUT2D eigenvalue weighted by Crippen LogP contribution is 2.17. The molecule has 112 valence electrons. The van der Waals surface area contributed by atoms with E-state index in [9.17, 15) is 4.79 Å². The molecule has 20 heavy (non-hydrogen) atoms. The lowest BCUT2D eigenvalue weighted by Crippen LogP contribution is -2.43. The Labute approximate surface area is 124 Å². The van der Waals surface area contributed by atoms with Gasteiger partial charge in [0.05, 0.1) is 13.2 Å². The zero-order chi connectivity index (χ0) is 15.0. The van der Waals surface area contributed by atoms with Crippen LogP contribution < -0.4 is 4.74 Å². The summed E-state index contributed by atoms with van der Waals surface area (Å²) in [7, 11) is 1.56. The number of halogens is 1. The molecule has 0 radical (unpaired) electrons. The number of methoxy groups -OCH3 is 1. The molecule has 1 aromatic rings. The molecule has 0 saturated heterocycles. The van der Waals surface area contributed by atoms with Crippen molar-refractivity contribution in [3.05, 3.63) is 29.3 Å². The van der Waals surface area contributed by atoms with Crippen LogP contribution in [0.2, 0.25) is 5.02 Å². The minimum atomic E-state index is -0.639. The summed E-state index contributed by atoms with van der Waals surface area (Å²) in [6.45, 7) is 2.68. The number of rotatable bonds is 8. The summed E-state index contributed by atoms with van der Waals surface area (Å²) in [6, 6.07) is 6.81. The van der Waals surface area contributed by atoms with Crippen molar-refractivity contribution in [1.82, 2.24) is 4.90 Å². The predicted octanol–water partition coefficient (Wildman–Crippen LogP) is 1.57. The lowest BCUT2D eigenvalue weighted by molar-refractivity contribution is -0.139. The van der Waals surface area contributed by atoms with Gasteiger partial charge in [-0.15, -0.1) is 0 Å². The first-order valence-corrected chi connectivity index (χ1v) is 6.77. The molecule has 1 N–H and O–H groups in total. The smallest absolute Gasteiger partial charge is 0.263 e. The van der Waals surface area contributed by atoms with Crippen LogP contribution in [0, 0.1) is 0 Å². The van der Waals surface area contributed by atoms with E-state index in [-0.39, 0.29) is 19.1 Å². The lowest BCUT2D eigenvalue weighted by Gasteiger charge is -2.25. The molecule has 0 aromatic heterocycles. The fourth-order valence-corrected chi connectivity index (χ4v) is 1.81. The van der Waals surface area contributed by atoms with E-state index in [0.717, 1.165) is 0 Å². The number of nitrogens with zero attached hydrogens (tertiary/aromatic N) is 1. The molecule has 1 unspecified atom stereocenters. The van der Waals surface area contributed by atoms with Gasteiger partial charge in [-0.1, -0.05) is 11.6 Å². The first-order chi connectivity index (χ1) is 9.58. The maximum Gasteiger partial charge on any atom is 0.263 e. The number of amides is 1. The summed E-state index contributed by atoms with van der Waals surface area (Å²) in [4.78, 5) is 13.7. The van der Waals surface area contributed by atoms with Crippen LogP contribution in [0.3, 0.4) is 0 Å². The second-order valence-electron chi connectivity index (χ2n) is 4.26. The highest BCUT2D eigenvalue weighted by Gasteiger charge is 2.21. The van der Waals surface area contributed by atoms with Crippen molar-refractivity contribution in [2.24, 2.45) is 0 Å². The molecule has 0 bridgehead atoms. The summed E-state index contributed by atoms with van der Waals surface area (Å²) < 4.78 is 10.5. The Morgan fingerprint density at radius 1 is 1.35 bits per heavy atom. The van der Waals surface area contributed by atoms with E-state index in [1.807, 2.05) is 0 Å². The first kappa shape index (κ1) is 16.8. The topological polar surface area (TPSA) is 59.0 Å². The Bertz CT molecular complexity index is 410. The zero-order valence-electron chi connectivity index (χ0n) is 11.7. The van der Waals surface area contributed by atoms with E-state index in [1.54, 1.807) is 38.3 Å². The van der Waals surface area contributed by atoms with Crippen molar-refractivity contribution >= 4 is 17.5 Å². The van der Waals surface area contributed by atoms with E-state index >= 15 is 0 Å².